The van der Waals surface area contributed by atoms with Gasteiger partial charge in [0.2, 0.25) is 0 Å². The highest BCUT2D eigenvalue weighted by Crippen LogP contribution is 2.33. The number of hydrogen-bond acceptors (Lipinski definition) is 7. The predicted molar refractivity (Wildman–Crippen MR) is 121 cm³/mol. The molecule has 0 aliphatic carbocycles. The maximum Gasteiger partial charge on any atom is 0.343 e. The summed E-state index contributed by atoms with van der Waals surface area (Å²) in [6.45, 7) is 1.88. The molecule has 1 N–H and O–H groups in total. The lowest BCUT2D eigenvalue weighted by molar-refractivity contribution is -0.142. The Balaban J connectivity index is 1.62. The van der Waals surface area contributed by atoms with E-state index >= 15 is 0 Å². The van der Waals surface area contributed by atoms with Crippen LogP contribution in [0.5, 0.6) is 11.5 Å². The summed E-state index contributed by atoms with van der Waals surface area (Å²) >= 11 is 3.43. The van der Waals surface area contributed by atoms with Crippen molar-refractivity contribution in [2.45, 2.75) is 12.8 Å². The number of anilines is 1. The van der Waals surface area contributed by atoms with Crippen LogP contribution in [0.3, 0.4) is 0 Å². The number of halogens is 1. The summed E-state index contributed by atoms with van der Waals surface area (Å²) < 4.78 is 15.9. The molecule has 164 valence electrons. The Hall–Kier alpha value is -3.07. The molecule has 1 amide bonds. The Morgan fingerprint density at radius 3 is 2.48 bits per heavy atom. The van der Waals surface area contributed by atoms with Crippen molar-refractivity contribution in [2.75, 3.05) is 38.8 Å². The summed E-state index contributed by atoms with van der Waals surface area (Å²) in [6, 6.07) is 10.8. The van der Waals surface area contributed by atoms with Gasteiger partial charge in [-0.3, -0.25) is 4.79 Å². The Morgan fingerprint density at radius 2 is 1.84 bits per heavy atom. The second-order valence-electron chi connectivity index (χ2n) is 6.83. The van der Waals surface area contributed by atoms with Crippen LogP contribution in [0.4, 0.5) is 5.69 Å². The number of benzene rings is 2. The number of nitrogens with one attached hydrogen (secondary N) is 1. The number of nitrogens with zero attached hydrogens (tertiary/aromatic N) is 2. The molecule has 3 rings (SSSR count). The molecule has 9 heteroatoms. The van der Waals surface area contributed by atoms with Crippen LogP contribution in [-0.4, -0.2) is 52.0 Å². The lowest BCUT2D eigenvalue weighted by Crippen LogP contribution is -2.19. The van der Waals surface area contributed by atoms with E-state index in [4.69, 9.17) is 9.47 Å². The molecular formula is C22H24BrN3O5. The Kier molecular flexibility index (Phi) is 7.88. The molecule has 2 aromatic rings. The molecule has 0 unspecified atom stereocenters. The topological polar surface area (TPSA) is 89.5 Å². The minimum absolute atomic E-state index is 0.237. The quantitative estimate of drug-likeness (QED) is 0.347. The van der Waals surface area contributed by atoms with Gasteiger partial charge in [0.05, 0.1) is 20.4 Å². The van der Waals surface area contributed by atoms with E-state index in [-0.39, 0.29) is 12.5 Å². The van der Waals surface area contributed by atoms with Gasteiger partial charge >= 0.3 is 5.97 Å². The first kappa shape index (κ1) is 22.6. The van der Waals surface area contributed by atoms with Gasteiger partial charge in [-0.2, -0.15) is 5.10 Å². The molecule has 8 nitrogen and oxygen atoms in total. The average Bonchev–Trinajstić information content (AvgIpc) is 3.33. The lowest BCUT2D eigenvalue weighted by Gasteiger charge is -2.17. The van der Waals surface area contributed by atoms with E-state index in [1.165, 1.54) is 33.3 Å². The van der Waals surface area contributed by atoms with Crippen LogP contribution < -0.4 is 19.8 Å². The third kappa shape index (κ3) is 5.97. The fourth-order valence-electron chi connectivity index (χ4n) is 3.14. The van der Waals surface area contributed by atoms with Gasteiger partial charge in [-0.25, -0.2) is 10.2 Å². The van der Waals surface area contributed by atoms with E-state index in [0.717, 1.165) is 18.8 Å². The van der Waals surface area contributed by atoms with E-state index in [9.17, 15) is 9.59 Å². The van der Waals surface area contributed by atoms with Crippen molar-refractivity contribution in [3.8, 4) is 11.5 Å². The van der Waals surface area contributed by atoms with Crippen LogP contribution in [0.1, 0.15) is 28.8 Å². The van der Waals surface area contributed by atoms with E-state index in [1.54, 1.807) is 24.3 Å². The summed E-state index contributed by atoms with van der Waals surface area (Å²) in [7, 11) is 2.78. The van der Waals surface area contributed by atoms with Gasteiger partial charge in [0, 0.05) is 34.4 Å². The monoisotopic (exact) mass is 489 g/mol. The van der Waals surface area contributed by atoms with E-state index < -0.39 is 5.97 Å². The summed E-state index contributed by atoms with van der Waals surface area (Å²) in [5, 5.41) is 4.04. The largest absolute Gasteiger partial charge is 0.493 e. The zero-order chi connectivity index (χ0) is 22.2. The highest BCUT2D eigenvalue weighted by atomic mass is 79.9. The third-order valence-electron chi connectivity index (χ3n) is 4.83. The van der Waals surface area contributed by atoms with Crippen LogP contribution >= 0.6 is 15.9 Å². The molecule has 0 aromatic heterocycles. The number of rotatable bonds is 8. The lowest BCUT2D eigenvalue weighted by atomic mass is 10.2. The van der Waals surface area contributed by atoms with Crippen molar-refractivity contribution in [3.63, 3.8) is 0 Å². The van der Waals surface area contributed by atoms with Gasteiger partial charge < -0.3 is 19.1 Å². The fraction of sp³-hybridized carbons (Fsp3) is 0.318. The number of amides is 1. The average molecular weight is 490 g/mol. The van der Waals surface area contributed by atoms with E-state index in [2.05, 4.69) is 36.1 Å². The Bertz CT molecular complexity index is 956. The molecule has 0 saturated carbocycles. The second kappa shape index (κ2) is 10.8. The number of carbonyl (C=O) groups excluding carboxylic acids is 2. The Labute approximate surface area is 189 Å². The molecule has 1 heterocycles. The summed E-state index contributed by atoms with van der Waals surface area (Å²) in [6.07, 6.45) is 3.90. The Morgan fingerprint density at radius 1 is 1.13 bits per heavy atom. The van der Waals surface area contributed by atoms with E-state index in [1.807, 2.05) is 12.1 Å². The van der Waals surface area contributed by atoms with Crippen molar-refractivity contribution >= 4 is 39.7 Å². The number of ether oxygens (including phenoxy) is 3. The molecule has 31 heavy (non-hydrogen) atoms. The second-order valence-corrected chi connectivity index (χ2v) is 7.68. The van der Waals surface area contributed by atoms with Crippen LogP contribution in [0, 0.1) is 0 Å². The third-order valence-corrected chi connectivity index (χ3v) is 5.51. The standard InChI is InChI=1S/C22H24BrN3O5/c1-29-19-11-16(18(23)12-20(19)31-14-21(27)30-2)13-24-25-22(28)15-5-7-17(8-6-15)26-9-3-4-10-26/h5-8,11-13H,3-4,9-10,14H2,1-2H3,(H,25,28)/b24-13-. The van der Waals surface area contributed by atoms with Crippen molar-refractivity contribution in [1.29, 1.82) is 0 Å². The molecule has 1 saturated heterocycles. The first-order valence-electron chi connectivity index (χ1n) is 9.77. The number of carbonyl (C=O) groups is 2. The summed E-state index contributed by atoms with van der Waals surface area (Å²) in [5.41, 5.74) is 4.84. The number of hydrogen-bond donors (Lipinski definition) is 1. The molecule has 0 spiro atoms. The van der Waals surface area contributed by atoms with Crippen molar-refractivity contribution in [1.82, 2.24) is 5.43 Å². The minimum Gasteiger partial charge on any atom is -0.493 e. The zero-order valence-electron chi connectivity index (χ0n) is 17.4. The molecule has 1 fully saturated rings. The van der Waals surface area contributed by atoms with Crippen LogP contribution in [0.15, 0.2) is 46.0 Å². The molecular weight excluding hydrogens is 466 g/mol. The highest BCUT2D eigenvalue weighted by Gasteiger charge is 2.14. The maximum atomic E-state index is 12.4. The predicted octanol–water partition coefficient (Wildman–Crippen LogP) is 3.37. The minimum atomic E-state index is -0.500. The smallest absolute Gasteiger partial charge is 0.343 e. The fourth-order valence-corrected chi connectivity index (χ4v) is 3.57. The summed E-state index contributed by atoms with van der Waals surface area (Å²) in [5.74, 6) is -0.0123. The maximum absolute atomic E-state index is 12.4. The van der Waals surface area contributed by atoms with Crippen LogP contribution in [-0.2, 0) is 9.53 Å². The first-order chi connectivity index (χ1) is 15.0. The summed E-state index contributed by atoms with van der Waals surface area (Å²) in [4.78, 5) is 26.0. The van der Waals surface area contributed by atoms with Gasteiger partial charge in [-0.05, 0) is 65.2 Å². The number of esters is 1. The van der Waals surface area contributed by atoms with Gasteiger partial charge in [0.1, 0.15) is 0 Å². The van der Waals surface area contributed by atoms with Gasteiger partial charge in [-0.15, -0.1) is 0 Å². The van der Waals surface area contributed by atoms with E-state index in [0.29, 0.717) is 27.1 Å². The normalized spacial score (nSPS) is 13.3. The van der Waals surface area contributed by atoms with Crippen LogP contribution in [0.25, 0.3) is 0 Å². The van der Waals surface area contributed by atoms with Gasteiger partial charge in [0.15, 0.2) is 18.1 Å². The molecule has 1 aliphatic rings. The van der Waals surface area contributed by atoms with Crippen molar-refractivity contribution in [3.05, 3.63) is 52.0 Å². The SMILES string of the molecule is COC(=O)COc1cc(Br)c(/C=N\NC(=O)c2ccc(N3CCCC3)cc2)cc1OC. The number of hydrazone groups is 1. The molecule has 1 aliphatic heterocycles. The molecule has 0 bridgehead atoms. The van der Waals surface area contributed by atoms with Crippen LogP contribution in [0.2, 0.25) is 0 Å². The zero-order valence-corrected chi connectivity index (χ0v) is 19.0. The molecule has 0 radical (unpaired) electrons. The number of methoxy groups -OCH3 is 2. The van der Waals surface area contributed by atoms with Gasteiger partial charge in [-0.1, -0.05) is 0 Å². The first-order valence-corrected chi connectivity index (χ1v) is 10.6. The highest BCUT2D eigenvalue weighted by molar-refractivity contribution is 9.10. The van der Waals surface area contributed by atoms with Gasteiger partial charge in [0.25, 0.3) is 5.91 Å². The molecule has 2 aromatic carbocycles. The van der Waals surface area contributed by atoms with Crippen molar-refractivity contribution in [2.24, 2.45) is 5.10 Å². The van der Waals surface area contributed by atoms with Crippen molar-refractivity contribution < 1.29 is 23.8 Å². The molecule has 0 atom stereocenters.